The number of aryl methyl sites for hydroxylation is 1. The first-order valence-corrected chi connectivity index (χ1v) is 10.7. The Morgan fingerprint density at radius 1 is 1.00 bits per heavy atom. The number of carbonyl (C=O) groups is 2. The molecule has 2 amide bonds. The zero-order valence-corrected chi connectivity index (χ0v) is 17.8. The maximum atomic E-state index is 12.7. The van der Waals surface area contributed by atoms with Crippen LogP contribution in [0.3, 0.4) is 0 Å². The number of anilines is 2. The number of sulfonamides is 1. The molecule has 2 aromatic carbocycles. The molecule has 0 atom stereocenters. The van der Waals surface area contributed by atoms with Gasteiger partial charge in [-0.2, -0.15) is 0 Å². The minimum Gasteiger partial charge on any atom is -0.447 e. The highest BCUT2D eigenvalue weighted by atomic mass is 32.2. The number of ether oxygens (including phenoxy) is 2. The van der Waals surface area contributed by atoms with Crippen LogP contribution in [0.15, 0.2) is 47.4 Å². The lowest BCUT2D eigenvalue weighted by atomic mass is 10.1. The largest absolute Gasteiger partial charge is 0.447 e. The number of amides is 2. The van der Waals surface area contributed by atoms with Gasteiger partial charge in [0.25, 0.3) is 5.91 Å². The fourth-order valence-electron chi connectivity index (χ4n) is 2.53. The van der Waals surface area contributed by atoms with E-state index in [0.717, 1.165) is 0 Å². The normalized spacial score (nSPS) is 11.0. The van der Waals surface area contributed by atoms with E-state index in [0.29, 0.717) is 16.9 Å². The van der Waals surface area contributed by atoms with Gasteiger partial charge in [-0.1, -0.05) is 19.1 Å². The summed E-state index contributed by atoms with van der Waals surface area (Å²) in [5.41, 5.74) is 1.70. The van der Waals surface area contributed by atoms with Crippen LogP contribution < -0.4 is 15.4 Å². The Bertz CT molecular complexity index is 1010. The lowest BCUT2D eigenvalue weighted by molar-refractivity contribution is 0.102. The number of rotatable bonds is 9. The molecule has 2 rings (SSSR count). The summed E-state index contributed by atoms with van der Waals surface area (Å²) in [6.45, 7) is 4.03. The molecule has 162 valence electrons. The van der Waals surface area contributed by atoms with Crippen LogP contribution in [0.25, 0.3) is 0 Å². The van der Waals surface area contributed by atoms with Crippen molar-refractivity contribution < 1.29 is 27.5 Å². The van der Waals surface area contributed by atoms with Gasteiger partial charge in [0.1, 0.15) is 6.61 Å². The average molecular weight is 436 g/mol. The van der Waals surface area contributed by atoms with Crippen molar-refractivity contribution >= 4 is 33.4 Å². The zero-order valence-electron chi connectivity index (χ0n) is 17.0. The van der Waals surface area contributed by atoms with Gasteiger partial charge in [0.05, 0.1) is 11.5 Å². The number of hydrogen-bond donors (Lipinski definition) is 3. The minimum absolute atomic E-state index is 0.00863. The summed E-state index contributed by atoms with van der Waals surface area (Å²) in [5.74, 6) is -0.471. The topological polar surface area (TPSA) is 123 Å². The number of methoxy groups -OCH3 is 1. The zero-order chi connectivity index (χ0) is 22.1. The Morgan fingerprint density at radius 3 is 2.37 bits per heavy atom. The molecular weight excluding hydrogens is 410 g/mol. The van der Waals surface area contributed by atoms with Gasteiger partial charge in [0.15, 0.2) is 0 Å². The molecule has 0 radical (unpaired) electrons. The molecule has 9 nitrogen and oxygen atoms in total. The smallest absolute Gasteiger partial charge is 0.411 e. The minimum atomic E-state index is -3.69. The van der Waals surface area contributed by atoms with Crippen LogP contribution in [0, 0.1) is 6.92 Å². The summed E-state index contributed by atoms with van der Waals surface area (Å²) in [4.78, 5) is 24.5. The summed E-state index contributed by atoms with van der Waals surface area (Å²) in [6, 6.07) is 10.9. The summed E-state index contributed by atoms with van der Waals surface area (Å²) in [5, 5.41) is 5.26. The van der Waals surface area contributed by atoms with Gasteiger partial charge >= 0.3 is 6.09 Å². The summed E-state index contributed by atoms with van der Waals surface area (Å²) < 4.78 is 36.6. The lowest BCUT2D eigenvalue weighted by Crippen LogP contribution is -2.24. The summed E-state index contributed by atoms with van der Waals surface area (Å²) in [7, 11) is -2.19. The lowest BCUT2D eigenvalue weighted by Gasteiger charge is -2.12. The van der Waals surface area contributed by atoms with E-state index in [9.17, 15) is 18.0 Å². The molecule has 0 aliphatic heterocycles. The van der Waals surface area contributed by atoms with Gasteiger partial charge in [0.2, 0.25) is 10.0 Å². The van der Waals surface area contributed by atoms with Crippen molar-refractivity contribution in [2.45, 2.75) is 18.7 Å². The third-order valence-electron chi connectivity index (χ3n) is 3.99. The molecule has 0 fully saturated rings. The van der Waals surface area contributed by atoms with Crippen LogP contribution in [0.1, 0.15) is 22.8 Å². The molecule has 0 saturated heterocycles. The predicted molar refractivity (Wildman–Crippen MR) is 113 cm³/mol. The number of nitrogens with one attached hydrogen (secondary N) is 3. The van der Waals surface area contributed by atoms with Crippen molar-refractivity contribution in [2.75, 3.05) is 37.5 Å². The highest BCUT2D eigenvalue weighted by Gasteiger charge is 2.17. The Kier molecular flexibility index (Phi) is 8.34. The Morgan fingerprint density at radius 2 is 1.70 bits per heavy atom. The fourth-order valence-corrected chi connectivity index (χ4v) is 3.60. The van der Waals surface area contributed by atoms with Crippen LogP contribution >= 0.6 is 0 Å². The predicted octanol–water partition coefficient (Wildman–Crippen LogP) is 2.74. The van der Waals surface area contributed by atoms with E-state index in [4.69, 9.17) is 9.47 Å². The van der Waals surface area contributed by atoms with E-state index in [1.54, 1.807) is 44.2 Å². The van der Waals surface area contributed by atoms with Gasteiger partial charge in [-0.05, 0) is 42.8 Å². The Balaban J connectivity index is 2.14. The third-order valence-corrected chi connectivity index (χ3v) is 5.53. The summed E-state index contributed by atoms with van der Waals surface area (Å²) >= 11 is 0. The molecular formula is C20H25N3O6S. The molecule has 10 heteroatoms. The molecule has 0 saturated carbocycles. The third kappa shape index (κ3) is 6.55. The molecule has 0 heterocycles. The first kappa shape index (κ1) is 23.3. The van der Waals surface area contributed by atoms with Gasteiger partial charge in [-0.3, -0.25) is 10.1 Å². The van der Waals surface area contributed by atoms with Crippen molar-refractivity contribution in [2.24, 2.45) is 0 Å². The van der Waals surface area contributed by atoms with Crippen molar-refractivity contribution in [3.63, 3.8) is 0 Å². The second kappa shape index (κ2) is 10.7. The van der Waals surface area contributed by atoms with E-state index in [2.05, 4.69) is 15.4 Å². The van der Waals surface area contributed by atoms with Gasteiger partial charge < -0.3 is 14.8 Å². The van der Waals surface area contributed by atoms with E-state index >= 15 is 0 Å². The molecule has 0 aromatic heterocycles. The molecule has 3 N–H and O–H groups in total. The van der Waals surface area contributed by atoms with E-state index in [1.165, 1.54) is 19.2 Å². The van der Waals surface area contributed by atoms with Crippen LogP contribution in [-0.2, 0) is 19.5 Å². The first-order valence-electron chi connectivity index (χ1n) is 9.21. The monoisotopic (exact) mass is 435 g/mol. The van der Waals surface area contributed by atoms with Crippen molar-refractivity contribution in [3.05, 3.63) is 53.6 Å². The van der Waals surface area contributed by atoms with Gasteiger partial charge in [-0.25, -0.2) is 17.9 Å². The highest BCUT2D eigenvalue weighted by Crippen LogP contribution is 2.20. The molecule has 0 aliphatic rings. The maximum Gasteiger partial charge on any atom is 0.411 e. The van der Waals surface area contributed by atoms with Crippen LogP contribution in [0.4, 0.5) is 16.2 Å². The SMILES string of the molecule is CCNS(=O)(=O)c1ccc(C)c(C(=O)Nc2cccc(NC(=O)OCCOC)c2)c1. The van der Waals surface area contributed by atoms with Crippen LogP contribution in [0.5, 0.6) is 0 Å². The molecule has 30 heavy (non-hydrogen) atoms. The van der Waals surface area contributed by atoms with E-state index in [-0.39, 0.29) is 30.2 Å². The molecule has 0 aliphatic carbocycles. The van der Waals surface area contributed by atoms with Crippen LogP contribution in [-0.4, -0.2) is 47.3 Å². The Labute approximate surface area is 175 Å². The van der Waals surface area contributed by atoms with Crippen molar-refractivity contribution in [1.29, 1.82) is 0 Å². The number of hydrogen-bond acceptors (Lipinski definition) is 6. The van der Waals surface area contributed by atoms with Gasteiger partial charge in [-0.15, -0.1) is 0 Å². The van der Waals surface area contributed by atoms with Crippen molar-refractivity contribution in [1.82, 2.24) is 4.72 Å². The maximum absolute atomic E-state index is 12.7. The molecule has 0 bridgehead atoms. The number of carbonyl (C=O) groups excluding carboxylic acids is 2. The highest BCUT2D eigenvalue weighted by molar-refractivity contribution is 7.89. The van der Waals surface area contributed by atoms with Gasteiger partial charge in [0, 0.05) is 30.6 Å². The molecule has 0 spiro atoms. The quantitative estimate of drug-likeness (QED) is 0.521. The van der Waals surface area contributed by atoms with Crippen molar-refractivity contribution in [3.8, 4) is 0 Å². The summed E-state index contributed by atoms with van der Waals surface area (Å²) in [6.07, 6.45) is -0.646. The molecule has 0 unspecified atom stereocenters. The average Bonchev–Trinajstić information content (AvgIpc) is 2.68. The Hall–Kier alpha value is -2.95. The van der Waals surface area contributed by atoms with Crippen LogP contribution in [0.2, 0.25) is 0 Å². The second-order valence-electron chi connectivity index (χ2n) is 6.27. The van der Waals surface area contributed by atoms with E-state index in [1.807, 2.05) is 0 Å². The standard InChI is InChI=1S/C20H25N3O6S/c1-4-21-30(26,27)17-9-8-14(2)18(13-17)19(24)22-15-6-5-7-16(12-15)23-20(25)29-11-10-28-3/h5-9,12-13,21H,4,10-11H2,1-3H3,(H,22,24)(H,23,25). The molecule has 2 aromatic rings. The van der Waals surface area contributed by atoms with E-state index < -0.39 is 22.0 Å². The fraction of sp³-hybridized carbons (Fsp3) is 0.300. The number of benzene rings is 2. The second-order valence-corrected chi connectivity index (χ2v) is 8.03. The first-order chi connectivity index (χ1) is 14.3.